The molecule has 4 aromatic rings. The highest BCUT2D eigenvalue weighted by atomic mass is 79.9. The highest BCUT2D eigenvalue weighted by Gasteiger charge is 2.13. The van der Waals surface area contributed by atoms with Gasteiger partial charge in [0.1, 0.15) is 5.75 Å². The van der Waals surface area contributed by atoms with Crippen molar-refractivity contribution in [2.75, 3.05) is 6.61 Å². The molecule has 0 unspecified atom stereocenters. The van der Waals surface area contributed by atoms with Crippen molar-refractivity contribution in [2.45, 2.75) is 6.92 Å². The van der Waals surface area contributed by atoms with Gasteiger partial charge in [-0.25, -0.2) is 0 Å². The fraction of sp³-hybridized carbons (Fsp3) is 0.0952. The summed E-state index contributed by atoms with van der Waals surface area (Å²) in [6.45, 7) is 1.69. The number of aromatic hydroxyl groups is 1. The van der Waals surface area contributed by atoms with Crippen LogP contribution in [-0.2, 0) is 4.79 Å². The van der Waals surface area contributed by atoms with Crippen LogP contribution in [0.4, 0.5) is 5.69 Å². The molecule has 1 heterocycles. The summed E-state index contributed by atoms with van der Waals surface area (Å²) in [4.78, 5) is 14.9. The van der Waals surface area contributed by atoms with E-state index >= 15 is 0 Å². The molecule has 140 valence electrons. The molecule has 0 saturated heterocycles. The van der Waals surface area contributed by atoms with Crippen molar-refractivity contribution in [3.63, 3.8) is 0 Å². The minimum absolute atomic E-state index is 0.139. The summed E-state index contributed by atoms with van der Waals surface area (Å²) in [6.07, 6.45) is 0. The molecule has 7 heteroatoms. The maximum Gasteiger partial charge on any atom is 0.302 e. The Labute approximate surface area is 169 Å². The monoisotopic (exact) mass is 437 g/mol. The minimum Gasteiger partial charge on any atom is -0.493 e. The van der Waals surface area contributed by atoms with Crippen LogP contribution in [0.2, 0.25) is 0 Å². The third-order valence-corrected chi connectivity index (χ3v) is 5.23. The second-order valence-electron chi connectivity index (χ2n) is 6.36. The number of aromatic nitrogens is 1. The highest BCUT2D eigenvalue weighted by Crippen LogP contribution is 2.37. The van der Waals surface area contributed by atoms with Crippen LogP contribution in [-0.4, -0.2) is 22.6 Å². The first kappa shape index (κ1) is 18.2. The number of halogens is 1. The third-order valence-electron chi connectivity index (χ3n) is 4.38. The van der Waals surface area contributed by atoms with Crippen LogP contribution < -0.4 is 4.74 Å². The number of nitrogens with one attached hydrogen (secondary N) is 1. The van der Waals surface area contributed by atoms with Gasteiger partial charge in [-0.3, -0.25) is 4.79 Å². The van der Waals surface area contributed by atoms with Gasteiger partial charge in [-0.15, -0.1) is 10.2 Å². The van der Waals surface area contributed by atoms with Crippen LogP contribution in [0.3, 0.4) is 0 Å². The molecule has 0 aliphatic rings. The fourth-order valence-corrected chi connectivity index (χ4v) is 3.28. The zero-order valence-corrected chi connectivity index (χ0v) is 16.5. The first-order valence-electron chi connectivity index (χ1n) is 8.58. The Balaban J connectivity index is 1.49. The van der Waals surface area contributed by atoms with Crippen LogP contribution in [0.5, 0.6) is 11.6 Å². The standard InChI is InChI=1S/C21H16BrN3O3/c1-12-8-16-18(10-17(12)22)23-21(27)20(16)25-24-19(26)11-28-15-7-6-13-4-2-3-5-14(13)9-15/h2-10,23,27H,11H2,1H3. The smallest absolute Gasteiger partial charge is 0.302 e. The average Bonchev–Trinajstić information content (AvgIpc) is 2.99. The number of amides is 1. The SMILES string of the molecule is Cc1cc2c(N=NC(=O)COc3ccc4ccccc4c3)c(O)[nH]c2cc1Br. The minimum atomic E-state index is -0.546. The number of aromatic amines is 1. The number of azo groups is 1. The first-order valence-corrected chi connectivity index (χ1v) is 9.37. The molecule has 3 aromatic carbocycles. The number of ether oxygens (including phenoxy) is 1. The molecule has 2 N–H and O–H groups in total. The van der Waals surface area contributed by atoms with E-state index in [2.05, 4.69) is 31.1 Å². The summed E-state index contributed by atoms with van der Waals surface area (Å²) in [5.74, 6) is -0.104. The van der Waals surface area contributed by atoms with Crippen LogP contribution in [0.1, 0.15) is 5.56 Å². The van der Waals surface area contributed by atoms with Gasteiger partial charge in [-0.2, -0.15) is 0 Å². The number of hydrogen-bond acceptors (Lipinski definition) is 4. The van der Waals surface area contributed by atoms with E-state index in [4.69, 9.17) is 4.74 Å². The number of H-pyrrole nitrogens is 1. The molecule has 28 heavy (non-hydrogen) atoms. The number of aryl methyl sites for hydroxylation is 1. The Hall–Kier alpha value is -3.19. The van der Waals surface area contributed by atoms with E-state index in [0.29, 0.717) is 16.7 Å². The van der Waals surface area contributed by atoms with E-state index in [9.17, 15) is 9.90 Å². The van der Waals surface area contributed by atoms with Crippen LogP contribution in [0.15, 0.2) is 69.3 Å². The van der Waals surface area contributed by atoms with Crippen molar-refractivity contribution >= 4 is 49.2 Å². The quantitative estimate of drug-likeness (QED) is 0.396. The predicted octanol–water partition coefficient (Wildman–Crippen LogP) is 5.79. The van der Waals surface area contributed by atoms with Gasteiger partial charge < -0.3 is 14.8 Å². The molecule has 6 nitrogen and oxygen atoms in total. The van der Waals surface area contributed by atoms with E-state index in [1.807, 2.05) is 55.5 Å². The van der Waals surface area contributed by atoms with Crippen molar-refractivity contribution < 1.29 is 14.6 Å². The van der Waals surface area contributed by atoms with Crippen LogP contribution >= 0.6 is 15.9 Å². The van der Waals surface area contributed by atoms with Crippen molar-refractivity contribution in [3.05, 3.63) is 64.6 Å². The van der Waals surface area contributed by atoms with Gasteiger partial charge >= 0.3 is 5.91 Å². The first-order chi connectivity index (χ1) is 13.5. The number of rotatable bonds is 4. The zero-order valence-electron chi connectivity index (χ0n) is 14.9. The molecule has 4 rings (SSSR count). The van der Waals surface area contributed by atoms with E-state index < -0.39 is 5.91 Å². The largest absolute Gasteiger partial charge is 0.493 e. The third kappa shape index (κ3) is 3.61. The van der Waals surface area contributed by atoms with Gasteiger partial charge in [-0.1, -0.05) is 46.3 Å². The lowest BCUT2D eigenvalue weighted by molar-refractivity contribution is -0.120. The molecule has 1 amide bonds. The summed E-state index contributed by atoms with van der Waals surface area (Å²) < 4.78 is 6.43. The van der Waals surface area contributed by atoms with Gasteiger partial charge in [-0.05, 0) is 47.5 Å². The average molecular weight is 438 g/mol. The summed E-state index contributed by atoms with van der Waals surface area (Å²) in [5, 5.41) is 20.5. The maximum atomic E-state index is 12.1. The van der Waals surface area contributed by atoms with Gasteiger partial charge in [0.25, 0.3) is 0 Å². The molecular formula is C21H16BrN3O3. The van der Waals surface area contributed by atoms with Gasteiger partial charge in [0.2, 0.25) is 5.88 Å². The summed E-state index contributed by atoms with van der Waals surface area (Å²) in [5.41, 5.74) is 1.90. The van der Waals surface area contributed by atoms with Gasteiger partial charge in [0.05, 0.1) is 5.52 Å². The number of nitrogens with zero attached hydrogens (tertiary/aromatic N) is 2. The second-order valence-corrected chi connectivity index (χ2v) is 7.21. The molecule has 0 saturated carbocycles. The van der Waals surface area contributed by atoms with Crippen LogP contribution in [0.25, 0.3) is 21.7 Å². The van der Waals surface area contributed by atoms with Crippen molar-refractivity contribution in [2.24, 2.45) is 10.2 Å². The molecule has 0 radical (unpaired) electrons. The summed E-state index contributed by atoms with van der Waals surface area (Å²) in [7, 11) is 0. The molecule has 1 aromatic heterocycles. The second kappa shape index (κ2) is 7.44. The lowest BCUT2D eigenvalue weighted by atomic mass is 10.1. The van der Waals surface area contributed by atoms with E-state index in [1.54, 1.807) is 6.07 Å². The van der Waals surface area contributed by atoms with Gasteiger partial charge in [0, 0.05) is 9.86 Å². The van der Waals surface area contributed by atoms with Crippen molar-refractivity contribution in [3.8, 4) is 11.6 Å². The number of benzene rings is 3. The lowest BCUT2D eigenvalue weighted by Gasteiger charge is -2.04. The van der Waals surface area contributed by atoms with E-state index in [1.165, 1.54) is 0 Å². The van der Waals surface area contributed by atoms with Crippen molar-refractivity contribution in [1.82, 2.24) is 4.98 Å². The Kier molecular flexibility index (Phi) is 4.83. The molecule has 0 bridgehead atoms. The molecular weight excluding hydrogens is 422 g/mol. The summed E-state index contributed by atoms with van der Waals surface area (Å²) in [6, 6.07) is 17.2. The zero-order chi connectivity index (χ0) is 19.7. The molecule has 0 spiro atoms. The Bertz CT molecular complexity index is 1230. The summed E-state index contributed by atoms with van der Waals surface area (Å²) >= 11 is 3.44. The maximum absolute atomic E-state index is 12.1. The van der Waals surface area contributed by atoms with Crippen molar-refractivity contribution in [1.29, 1.82) is 0 Å². The van der Waals surface area contributed by atoms with E-state index in [-0.39, 0.29) is 18.2 Å². The van der Waals surface area contributed by atoms with Crippen LogP contribution in [0, 0.1) is 6.92 Å². The normalized spacial score (nSPS) is 11.5. The number of carbonyl (C=O) groups is 1. The number of fused-ring (bicyclic) bond motifs is 2. The number of carbonyl (C=O) groups excluding carboxylic acids is 1. The fourth-order valence-electron chi connectivity index (χ4n) is 2.93. The lowest BCUT2D eigenvalue weighted by Crippen LogP contribution is -2.07. The molecule has 0 aliphatic carbocycles. The topological polar surface area (TPSA) is 87.0 Å². The number of hydrogen-bond donors (Lipinski definition) is 2. The molecule has 0 fully saturated rings. The van der Waals surface area contributed by atoms with E-state index in [0.717, 1.165) is 20.8 Å². The Morgan fingerprint density at radius 3 is 2.75 bits per heavy atom. The predicted molar refractivity (Wildman–Crippen MR) is 111 cm³/mol. The molecule has 0 aliphatic heterocycles. The Morgan fingerprint density at radius 2 is 1.93 bits per heavy atom. The molecule has 0 atom stereocenters. The Morgan fingerprint density at radius 1 is 1.14 bits per heavy atom. The van der Waals surface area contributed by atoms with Gasteiger partial charge in [0.15, 0.2) is 12.3 Å². The highest BCUT2D eigenvalue weighted by molar-refractivity contribution is 9.10.